The standard InChI is InChI=1S/C13H21N3/c1-13(2,3)11-8-10(15-12(14)16-11)9-6-4-5-7-9/h8-9H,4-7H2,1-3H3,(H2,14,15,16). The molecule has 1 aromatic heterocycles. The molecule has 1 heterocycles. The maximum atomic E-state index is 5.80. The molecule has 2 rings (SSSR count). The van der Waals surface area contributed by atoms with Gasteiger partial charge in [-0.25, -0.2) is 9.97 Å². The highest BCUT2D eigenvalue weighted by molar-refractivity contribution is 5.28. The van der Waals surface area contributed by atoms with Gasteiger partial charge in [0.15, 0.2) is 0 Å². The Bertz CT molecular complexity index is 373. The Balaban J connectivity index is 2.35. The molecule has 0 bridgehead atoms. The van der Waals surface area contributed by atoms with Crippen LogP contribution in [0.15, 0.2) is 6.07 Å². The van der Waals surface area contributed by atoms with Crippen LogP contribution in [0.4, 0.5) is 5.95 Å². The SMILES string of the molecule is CC(C)(C)c1cc(C2CCCC2)nc(N)n1. The Morgan fingerprint density at radius 1 is 1.19 bits per heavy atom. The zero-order valence-corrected chi connectivity index (χ0v) is 10.5. The summed E-state index contributed by atoms with van der Waals surface area (Å²) in [5.41, 5.74) is 8.05. The molecule has 0 aromatic carbocycles. The summed E-state index contributed by atoms with van der Waals surface area (Å²) in [5.74, 6) is 1.03. The van der Waals surface area contributed by atoms with Crippen molar-refractivity contribution in [2.24, 2.45) is 0 Å². The van der Waals surface area contributed by atoms with Gasteiger partial charge in [-0.1, -0.05) is 33.6 Å². The summed E-state index contributed by atoms with van der Waals surface area (Å²) in [6.45, 7) is 6.48. The van der Waals surface area contributed by atoms with E-state index in [9.17, 15) is 0 Å². The molecule has 1 saturated carbocycles. The van der Waals surface area contributed by atoms with Crippen LogP contribution in [-0.2, 0) is 5.41 Å². The normalized spacial score (nSPS) is 17.9. The minimum atomic E-state index is 0.0460. The molecular weight excluding hydrogens is 198 g/mol. The van der Waals surface area contributed by atoms with Crippen LogP contribution >= 0.6 is 0 Å². The molecule has 0 amide bonds. The van der Waals surface area contributed by atoms with Crippen molar-refractivity contribution in [1.82, 2.24) is 9.97 Å². The van der Waals surface area contributed by atoms with E-state index in [1.54, 1.807) is 0 Å². The predicted octanol–water partition coefficient (Wildman–Crippen LogP) is 3.01. The van der Waals surface area contributed by atoms with Crippen molar-refractivity contribution in [2.75, 3.05) is 5.73 Å². The first-order valence-electron chi connectivity index (χ1n) is 6.12. The second-order valence-electron chi connectivity index (χ2n) is 5.77. The molecule has 1 aromatic rings. The summed E-state index contributed by atoms with van der Waals surface area (Å²) >= 11 is 0. The van der Waals surface area contributed by atoms with Gasteiger partial charge in [0.25, 0.3) is 0 Å². The highest BCUT2D eigenvalue weighted by Crippen LogP contribution is 2.34. The number of nitrogens with two attached hydrogens (primary N) is 1. The first-order valence-corrected chi connectivity index (χ1v) is 6.12. The third-order valence-corrected chi connectivity index (χ3v) is 3.31. The zero-order chi connectivity index (χ0) is 11.8. The van der Waals surface area contributed by atoms with E-state index in [0.29, 0.717) is 11.9 Å². The average Bonchev–Trinajstić information content (AvgIpc) is 2.68. The second kappa shape index (κ2) is 4.04. The van der Waals surface area contributed by atoms with Crippen LogP contribution in [0.25, 0.3) is 0 Å². The van der Waals surface area contributed by atoms with Gasteiger partial charge in [0.05, 0.1) is 5.69 Å². The van der Waals surface area contributed by atoms with Gasteiger partial charge in [0.2, 0.25) is 5.95 Å². The minimum absolute atomic E-state index is 0.0460. The number of nitrogens with zero attached hydrogens (tertiary/aromatic N) is 2. The Kier molecular flexibility index (Phi) is 2.87. The van der Waals surface area contributed by atoms with E-state index < -0.39 is 0 Å². The molecular formula is C13H21N3. The van der Waals surface area contributed by atoms with Crippen molar-refractivity contribution in [3.63, 3.8) is 0 Å². The highest BCUT2D eigenvalue weighted by atomic mass is 15.0. The molecule has 1 fully saturated rings. The number of aromatic nitrogens is 2. The summed E-state index contributed by atoms with van der Waals surface area (Å²) in [7, 11) is 0. The number of hydrogen-bond donors (Lipinski definition) is 1. The smallest absolute Gasteiger partial charge is 0.220 e. The molecule has 88 valence electrons. The van der Waals surface area contributed by atoms with Crippen LogP contribution in [0.1, 0.15) is 63.8 Å². The highest BCUT2D eigenvalue weighted by Gasteiger charge is 2.22. The van der Waals surface area contributed by atoms with E-state index in [0.717, 1.165) is 11.4 Å². The summed E-state index contributed by atoms with van der Waals surface area (Å²) in [6.07, 6.45) is 5.14. The van der Waals surface area contributed by atoms with E-state index in [1.807, 2.05) is 0 Å². The topological polar surface area (TPSA) is 51.8 Å². The maximum Gasteiger partial charge on any atom is 0.220 e. The minimum Gasteiger partial charge on any atom is -0.368 e. The molecule has 0 atom stereocenters. The lowest BCUT2D eigenvalue weighted by Crippen LogP contribution is -2.16. The molecule has 1 aliphatic carbocycles. The van der Waals surface area contributed by atoms with Crippen LogP contribution in [0.5, 0.6) is 0 Å². The molecule has 0 aliphatic heterocycles. The monoisotopic (exact) mass is 219 g/mol. The van der Waals surface area contributed by atoms with Crippen LogP contribution in [0.2, 0.25) is 0 Å². The Morgan fingerprint density at radius 2 is 1.81 bits per heavy atom. The van der Waals surface area contributed by atoms with Crippen molar-refractivity contribution in [1.29, 1.82) is 0 Å². The Hall–Kier alpha value is -1.12. The first-order chi connectivity index (χ1) is 7.47. The van der Waals surface area contributed by atoms with Gasteiger partial charge in [-0.3, -0.25) is 0 Å². The van der Waals surface area contributed by atoms with Crippen LogP contribution in [0.3, 0.4) is 0 Å². The Labute approximate surface area is 97.5 Å². The van der Waals surface area contributed by atoms with E-state index in [2.05, 4.69) is 36.8 Å². The van der Waals surface area contributed by atoms with E-state index in [4.69, 9.17) is 5.73 Å². The lowest BCUT2D eigenvalue weighted by atomic mass is 9.90. The quantitative estimate of drug-likeness (QED) is 0.790. The molecule has 16 heavy (non-hydrogen) atoms. The third-order valence-electron chi connectivity index (χ3n) is 3.31. The lowest BCUT2D eigenvalue weighted by Gasteiger charge is -2.20. The average molecular weight is 219 g/mol. The molecule has 0 unspecified atom stereocenters. The van der Waals surface area contributed by atoms with Gasteiger partial charge in [-0.2, -0.15) is 0 Å². The van der Waals surface area contributed by atoms with Gasteiger partial charge in [0, 0.05) is 17.0 Å². The second-order valence-corrected chi connectivity index (χ2v) is 5.77. The van der Waals surface area contributed by atoms with Crippen LogP contribution < -0.4 is 5.73 Å². The van der Waals surface area contributed by atoms with Gasteiger partial charge in [-0.05, 0) is 18.9 Å². The van der Waals surface area contributed by atoms with Gasteiger partial charge >= 0.3 is 0 Å². The van der Waals surface area contributed by atoms with Crippen molar-refractivity contribution < 1.29 is 0 Å². The molecule has 3 heteroatoms. The van der Waals surface area contributed by atoms with Crippen LogP contribution in [-0.4, -0.2) is 9.97 Å². The molecule has 0 radical (unpaired) electrons. The van der Waals surface area contributed by atoms with E-state index in [-0.39, 0.29) is 5.41 Å². The number of hydrogen-bond acceptors (Lipinski definition) is 3. The number of anilines is 1. The first kappa shape index (κ1) is 11.4. The fourth-order valence-corrected chi connectivity index (χ4v) is 2.30. The van der Waals surface area contributed by atoms with Gasteiger partial charge in [-0.15, -0.1) is 0 Å². The number of rotatable bonds is 1. The number of nitrogen functional groups attached to an aromatic ring is 1. The molecule has 3 nitrogen and oxygen atoms in total. The summed E-state index contributed by atoms with van der Waals surface area (Å²) in [5, 5.41) is 0. The molecule has 0 spiro atoms. The van der Waals surface area contributed by atoms with Crippen molar-refractivity contribution >= 4 is 5.95 Å². The van der Waals surface area contributed by atoms with Crippen molar-refractivity contribution in [3.8, 4) is 0 Å². The van der Waals surface area contributed by atoms with Gasteiger partial charge < -0.3 is 5.73 Å². The summed E-state index contributed by atoms with van der Waals surface area (Å²) < 4.78 is 0. The van der Waals surface area contributed by atoms with E-state index in [1.165, 1.54) is 25.7 Å². The maximum absolute atomic E-state index is 5.80. The molecule has 1 aliphatic rings. The largest absolute Gasteiger partial charge is 0.368 e. The van der Waals surface area contributed by atoms with Crippen molar-refractivity contribution in [2.45, 2.75) is 57.8 Å². The third kappa shape index (κ3) is 2.34. The predicted molar refractivity (Wildman–Crippen MR) is 66.4 cm³/mol. The molecule has 0 saturated heterocycles. The Morgan fingerprint density at radius 3 is 2.38 bits per heavy atom. The van der Waals surface area contributed by atoms with Crippen LogP contribution in [0, 0.1) is 0 Å². The van der Waals surface area contributed by atoms with Gasteiger partial charge in [0.1, 0.15) is 0 Å². The van der Waals surface area contributed by atoms with Crippen molar-refractivity contribution in [3.05, 3.63) is 17.5 Å². The molecule has 2 N–H and O–H groups in total. The lowest BCUT2D eigenvalue weighted by molar-refractivity contribution is 0.562. The summed E-state index contributed by atoms with van der Waals surface area (Å²) in [6, 6.07) is 2.15. The van der Waals surface area contributed by atoms with E-state index >= 15 is 0 Å². The summed E-state index contributed by atoms with van der Waals surface area (Å²) in [4.78, 5) is 8.74. The fraction of sp³-hybridized carbons (Fsp3) is 0.692. The zero-order valence-electron chi connectivity index (χ0n) is 10.5. The fourth-order valence-electron chi connectivity index (χ4n) is 2.30.